The molecule has 1 aromatic rings. The van der Waals surface area contributed by atoms with Crippen molar-refractivity contribution in [3.63, 3.8) is 0 Å². The number of benzene rings is 1. The summed E-state index contributed by atoms with van der Waals surface area (Å²) in [5.74, 6) is -0.781. The molecule has 0 bridgehead atoms. The van der Waals surface area contributed by atoms with Crippen molar-refractivity contribution in [3.05, 3.63) is 29.3 Å². The van der Waals surface area contributed by atoms with Crippen molar-refractivity contribution in [2.75, 3.05) is 33.2 Å². The minimum atomic E-state index is -3.67. The number of fused-ring (bicyclic) bond motifs is 1. The lowest BCUT2D eigenvalue weighted by molar-refractivity contribution is 0.0696. The first-order valence-corrected chi connectivity index (χ1v) is 9.11. The molecule has 3 rings (SSSR count). The van der Waals surface area contributed by atoms with Crippen LogP contribution >= 0.6 is 0 Å². The van der Waals surface area contributed by atoms with Gasteiger partial charge in [-0.1, -0.05) is 13.0 Å². The molecule has 7 heteroatoms. The van der Waals surface area contributed by atoms with E-state index >= 15 is 0 Å². The average Bonchev–Trinajstić information content (AvgIpc) is 2.88. The van der Waals surface area contributed by atoms with Crippen molar-refractivity contribution >= 4 is 16.0 Å². The molecule has 0 amide bonds. The van der Waals surface area contributed by atoms with Crippen LogP contribution in [0.25, 0.3) is 0 Å². The molecule has 0 saturated carbocycles. The molecule has 2 aliphatic rings. The molecule has 0 spiro atoms. The molecular weight excluding hydrogens is 316 g/mol. The second kappa shape index (κ2) is 5.29. The second-order valence-electron chi connectivity index (χ2n) is 7.08. The number of nitrogens with zero attached hydrogens (tertiary/aromatic N) is 2. The number of hydrogen-bond donors (Lipinski definition) is 1. The number of sulfonamides is 1. The van der Waals surface area contributed by atoms with E-state index < -0.39 is 16.0 Å². The number of hydrogen-bond acceptors (Lipinski definition) is 4. The highest BCUT2D eigenvalue weighted by Gasteiger charge is 2.51. The third-order valence-corrected chi connectivity index (χ3v) is 7.20. The fraction of sp³-hybridized carbons (Fsp3) is 0.562. The summed E-state index contributed by atoms with van der Waals surface area (Å²) in [5, 5.41) is 9.21. The predicted octanol–water partition coefficient (Wildman–Crippen LogP) is 1.27. The Labute approximate surface area is 136 Å². The van der Waals surface area contributed by atoms with Crippen molar-refractivity contribution in [1.82, 2.24) is 9.21 Å². The Kier molecular flexibility index (Phi) is 3.78. The van der Waals surface area contributed by atoms with Gasteiger partial charge in [0.05, 0.1) is 10.5 Å². The van der Waals surface area contributed by atoms with Crippen LogP contribution in [0.2, 0.25) is 0 Å². The van der Waals surface area contributed by atoms with E-state index in [1.54, 1.807) is 6.92 Å². The first-order chi connectivity index (χ1) is 10.6. The first kappa shape index (κ1) is 16.4. The standard InChI is InChI=1S/C16H22N2O4S/c1-11-13(15(19)20)5-4-6-14(11)23(21,22)18-8-12-7-17(3)9-16(12,2)10-18/h4-6,12H,7-10H2,1-3H3,(H,19,20)/t12-,16+/m1/s1. The Morgan fingerprint density at radius 3 is 2.61 bits per heavy atom. The van der Waals surface area contributed by atoms with Crippen LogP contribution in [-0.4, -0.2) is 61.9 Å². The fourth-order valence-electron chi connectivity index (χ4n) is 4.03. The van der Waals surface area contributed by atoms with Gasteiger partial charge < -0.3 is 10.0 Å². The van der Waals surface area contributed by atoms with Crippen LogP contribution in [0, 0.1) is 18.3 Å². The van der Waals surface area contributed by atoms with Gasteiger partial charge in [0.25, 0.3) is 0 Å². The molecule has 126 valence electrons. The maximum absolute atomic E-state index is 13.0. The summed E-state index contributed by atoms with van der Waals surface area (Å²) in [6, 6.07) is 4.43. The maximum Gasteiger partial charge on any atom is 0.335 e. The Morgan fingerprint density at radius 1 is 1.30 bits per heavy atom. The van der Waals surface area contributed by atoms with Gasteiger partial charge in [0.1, 0.15) is 0 Å². The summed E-state index contributed by atoms with van der Waals surface area (Å²) in [5.41, 5.74) is 0.316. The van der Waals surface area contributed by atoms with Gasteiger partial charge in [0, 0.05) is 26.2 Å². The molecule has 0 unspecified atom stereocenters. The molecule has 23 heavy (non-hydrogen) atoms. The van der Waals surface area contributed by atoms with Gasteiger partial charge in [-0.15, -0.1) is 0 Å². The Balaban J connectivity index is 1.96. The van der Waals surface area contributed by atoms with Crippen LogP contribution in [0.4, 0.5) is 0 Å². The van der Waals surface area contributed by atoms with Crippen LogP contribution < -0.4 is 0 Å². The number of likely N-dealkylation sites (tertiary alicyclic amines) is 1. The van der Waals surface area contributed by atoms with Gasteiger partial charge in [-0.2, -0.15) is 4.31 Å². The molecule has 2 fully saturated rings. The van der Waals surface area contributed by atoms with E-state index in [-0.39, 0.29) is 15.9 Å². The van der Waals surface area contributed by atoms with Crippen molar-refractivity contribution in [1.29, 1.82) is 0 Å². The third kappa shape index (κ3) is 2.56. The quantitative estimate of drug-likeness (QED) is 0.898. The van der Waals surface area contributed by atoms with Gasteiger partial charge >= 0.3 is 5.97 Å². The molecule has 2 saturated heterocycles. The molecule has 0 aliphatic carbocycles. The largest absolute Gasteiger partial charge is 0.478 e. The van der Waals surface area contributed by atoms with Crippen LogP contribution in [0.5, 0.6) is 0 Å². The van der Waals surface area contributed by atoms with E-state index in [0.29, 0.717) is 24.6 Å². The van der Waals surface area contributed by atoms with Gasteiger partial charge in [-0.05, 0) is 43.0 Å². The molecule has 2 heterocycles. The van der Waals surface area contributed by atoms with Crippen molar-refractivity contribution in [2.24, 2.45) is 11.3 Å². The van der Waals surface area contributed by atoms with E-state index in [4.69, 9.17) is 0 Å². The Morgan fingerprint density at radius 2 is 2.00 bits per heavy atom. The molecular formula is C16H22N2O4S. The smallest absolute Gasteiger partial charge is 0.335 e. The van der Waals surface area contributed by atoms with Gasteiger partial charge in [0.15, 0.2) is 0 Å². The third-order valence-electron chi connectivity index (χ3n) is 5.24. The summed E-state index contributed by atoms with van der Waals surface area (Å²) in [7, 11) is -1.61. The number of aromatic carboxylic acids is 1. The van der Waals surface area contributed by atoms with E-state index in [9.17, 15) is 18.3 Å². The summed E-state index contributed by atoms with van der Waals surface area (Å²) >= 11 is 0. The van der Waals surface area contributed by atoms with E-state index in [2.05, 4.69) is 18.9 Å². The zero-order chi connectivity index (χ0) is 17.0. The highest BCUT2D eigenvalue weighted by atomic mass is 32.2. The fourth-order valence-corrected chi connectivity index (χ4v) is 5.89. The number of rotatable bonds is 3. The molecule has 0 aromatic heterocycles. The normalized spacial score (nSPS) is 28.9. The molecule has 1 aromatic carbocycles. The lowest BCUT2D eigenvalue weighted by Gasteiger charge is -2.24. The summed E-state index contributed by atoms with van der Waals surface area (Å²) in [4.78, 5) is 13.6. The predicted molar refractivity (Wildman–Crippen MR) is 86.0 cm³/mol. The van der Waals surface area contributed by atoms with E-state index in [1.165, 1.54) is 22.5 Å². The van der Waals surface area contributed by atoms with Crippen molar-refractivity contribution in [3.8, 4) is 0 Å². The number of carboxylic acid groups (broad SMARTS) is 1. The SMILES string of the molecule is Cc1c(C(=O)O)cccc1S(=O)(=O)N1C[C@H]2CN(C)C[C@@]2(C)C1. The van der Waals surface area contributed by atoms with Crippen LogP contribution in [-0.2, 0) is 10.0 Å². The van der Waals surface area contributed by atoms with Crippen molar-refractivity contribution in [2.45, 2.75) is 18.7 Å². The summed E-state index contributed by atoms with van der Waals surface area (Å²) in [6.07, 6.45) is 0. The van der Waals surface area contributed by atoms with Crippen LogP contribution in [0.15, 0.2) is 23.1 Å². The van der Waals surface area contributed by atoms with Gasteiger partial charge in [-0.25, -0.2) is 13.2 Å². The number of carbonyl (C=O) groups is 1. The monoisotopic (exact) mass is 338 g/mol. The molecule has 2 atom stereocenters. The van der Waals surface area contributed by atoms with Gasteiger partial charge in [0.2, 0.25) is 10.0 Å². The summed E-state index contributed by atoms with van der Waals surface area (Å²) < 4.78 is 27.5. The topological polar surface area (TPSA) is 77.9 Å². The highest BCUT2D eigenvalue weighted by Crippen LogP contribution is 2.43. The van der Waals surface area contributed by atoms with E-state index in [1.807, 2.05) is 0 Å². The minimum Gasteiger partial charge on any atom is -0.478 e. The molecule has 0 radical (unpaired) electrons. The first-order valence-electron chi connectivity index (χ1n) is 7.67. The lowest BCUT2D eigenvalue weighted by Crippen LogP contribution is -2.35. The zero-order valence-corrected chi connectivity index (χ0v) is 14.4. The average molecular weight is 338 g/mol. The van der Waals surface area contributed by atoms with E-state index in [0.717, 1.165) is 13.1 Å². The minimum absolute atomic E-state index is 0.0276. The second-order valence-corrected chi connectivity index (χ2v) is 8.99. The molecule has 6 nitrogen and oxygen atoms in total. The van der Waals surface area contributed by atoms with Crippen LogP contribution in [0.1, 0.15) is 22.8 Å². The van der Waals surface area contributed by atoms with Crippen LogP contribution in [0.3, 0.4) is 0 Å². The molecule has 2 aliphatic heterocycles. The summed E-state index contributed by atoms with van der Waals surface area (Å²) in [6.45, 7) is 6.47. The Bertz CT molecular complexity index is 761. The number of carboxylic acids is 1. The Hall–Kier alpha value is -1.44. The highest BCUT2D eigenvalue weighted by molar-refractivity contribution is 7.89. The van der Waals surface area contributed by atoms with Crippen molar-refractivity contribution < 1.29 is 18.3 Å². The zero-order valence-electron chi connectivity index (χ0n) is 13.6. The maximum atomic E-state index is 13.0. The molecule has 1 N–H and O–H groups in total. The van der Waals surface area contributed by atoms with Gasteiger partial charge in [-0.3, -0.25) is 0 Å². The lowest BCUT2D eigenvalue weighted by atomic mass is 9.83.